The molecule has 0 unspecified atom stereocenters. The molecule has 6 heteroatoms. The maximum atomic E-state index is 13.7. The Morgan fingerprint density at radius 2 is 2.04 bits per heavy atom. The van der Waals surface area contributed by atoms with Gasteiger partial charge >= 0.3 is 51.4 Å². The first-order valence-electron chi connectivity index (χ1n) is 7.58. The molecule has 1 aromatic heterocycles. The number of rotatable bonds is 5. The van der Waals surface area contributed by atoms with E-state index in [0.717, 1.165) is 15.0 Å². The minimum absolute atomic E-state index is 0. The zero-order valence-electron chi connectivity index (χ0n) is 14.4. The molecule has 1 heterocycles. The van der Waals surface area contributed by atoms with Crippen molar-refractivity contribution in [3.05, 3.63) is 70.8 Å². The maximum Gasteiger partial charge on any atom is 1.00 e. The summed E-state index contributed by atoms with van der Waals surface area (Å²) >= 11 is 1.57. The molecule has 1 amide bonds. The van der Waals surface area contributed by atoms with Gasteiger partial charge in [-0.15, -0.1) is 11.3 Å². The van der Waals surface area contributed by atoms with Gasteiger partial charge in [-0.3, -0.25) is 4.79 Å². The van der Waals surface area contributed by atoms with E-state index in [1.54, 1.807) is 43.0 Å². The number of benzene rings is 2. The third kappa shape index (κ3) is 4.70. The third-order valence-electron chi connectivity index (χ3n) is 3.69. The number of aryl methyl sites for hydroxylation is 1. The average molecular weight is 382 g/mol. The van der Waals surface area contributed by atoms with Crippen molar-refractivity contribution in [2.45, 2.75) is 20.5 Å². The Hall–Kier alpha value is -0.764. The van der Waals surface area contributed by atoms with Crippen molar-refractivity contribution in [1.82, 2.24) is 5.32 Å². The summed E-state index contributed by atoms with van der Waals surface area (Å²) in [6, 6.07) is 12.1. The van der Waals surface area contributed by atoms with Crippen LogP contribution in [0.25, 0.3) is 10.1 Å². The van der Waals surface area contributed by atoms with Gasteiger partial charge in [0.2, 0.25) is 5.91 Å². The zero-order valence-corrected chi connectivity index (χ0v) is 18.4. The van der Waals surface area contributed by atoms with Gasteiger partial charge in [0.1, 0.15) is 18.2 Å². The summed E-state index contributed by atoms with van der Waals surface area (Å²) in [5, 5.41) is 3.57. The standard InChI is InChI=1S/C19H17FNO2S.K/c1-3-21-19(22)18-12(2)24-17-9-8-14(10-15(17)18)23-11-13-6-4-5-7-16(13)20;/h3-10H,11H2,1-2H3,(H,21,22);/q-1;+1. The number of thiophene rings is 1. The fraction of sp³-hybridized carbons (Fsp3) is 0.158. The molecule has 1 N–H and O–H groups in total. The molecule has 0 aliphatic rings. The van der Waals surface area contributed by atoms with Gasteiger partial charge in [-0.25, -0.2) is 10.9 Å². The Balaban J connectivity index is 0.00000225. The number of carbonyl (C=O) groups excluding carboxylic acids is 1. The van der Waals surface area contributed by atoms with Crippen LogP contribution in [0, 0.1) is 19.3 Å². The summed E-state index contributed by atoms with van der Waals surface area (Å²) in [7, 11) is 0. The van der Waals surface area contributed by atoms with E-state index in [-0.39, 0.29) is 69.7 Å². The van der Waals surface area contributed by atoms with Crippen LogP contribution in [0.4, 0.5) is 4.39 Å². The van der Waals surface area contributed by atoms with E-state index in [1.165, 1.54) is 6.07 Å². The van der Waals surface area contributed by atoms with Crippen molar-refractivity contribution < 1.29 is 65.3 Å². The molecular formula is C19H17FKNO2S. The predicted octanol–water partition coefficient (Wildman–Crippen LogP) is 1.84. The van der Waals surface area contributed by atoms with E-state index < -0.39 is 0 Å². The maximum absolute atomic E-state index is 13.7. The minimum atomic E-state index is -0.288. The number of fused-ring (bicyclic) bond motifs is 1. The molecule has 124 valence electrons. The third-order valence-corrected chi connectivity index (χ3v) is 4.78. The quantitative estimate of drug-likeness (QED) is 0.541. The molecule has 2 aromatic carbocycles. The summed E-state index contributed by atoms with van der Waals surface area (Å²) in [6.07, 6.45) is 0. The molecule has 3 aromatic rings. The van der Waals surface area contributed by atoms with Crippen molar-refractivity contribution in [2.24, 2.45) is 0 Å². The van der Waals surface area contributed by atoms with Crippen molar-refractivity contribution >= 4 is 27.3 Å². The Bertz CT molecular complexity index is 894. The molecule has 0 aliphatic heterocycles. The Kier molecular flexibility index (Phi) is 7.61. The van der Waals surface area contributed by atoms with Crippen molar-refractivity contribution in [3.63, 3.8) is 0 Å². The molecule has 0 saturated carbocycles. The van der Waals surface area contributed by atoms with Gasteiger partial charge in [0.25, 0.3) is 0 Å². The summed E-state index contributed by atoms with van der Waals surface area (Å²) in [5.41, 5.74) is 1.15. The van der Waals surface area contributed by atoms with Gasteiger partial charge in [-0.1, -0.05) is 18.2 Å². The topological polar surface area (TPSA) is 38.3 Å². The SMILES string of the molecule is C[CH-]NC(=O)c1c(C)sc2ccc(OCc3ccccc3F)cc12.[K+]. The second-order valence-corrected chi connectivity index (χ2v) is 6.59. The molecule has 0 spiro atoms. The molecule has 25 heavy (non-hydrogen) atoms. The summed E-state index contributed by atoms with van der Waals surface area (Å²) < 4.78 is 20.4. The Labute approximate surface area is 193 Å². The van der Waals surface area contributed by atoms with E-state index in [2.05, 4.69) is 5.32 Å². The van der Waals surface area contributed by atoms with E-state index in [4.69, 9.17) is 4.74 Å². The van der Waals surface area contributed by atoms with Crippen LogP contribution in [0.3, 0.4) is 0 Å². The largest absolute Gasteiger partial charge is 1.00 e. The first-order valence-corrected chi connectivity index (χ1v) is 8.40. The van der Waals surface area contributed by atoms with Gasteiger partial charge in [0.05, 0.1) is 5.56 Å². The molecule has 0 bridgehead atoms. The Morgan fingerprint density at radius 1 is 1.28 bits per heavy atom. The molecule has 0 aliphatic carbocycles. The van der Waals surface area contributed by atoms with Crippen molar-refractivity contribution in [3.8, 4) is 5.75 Å². The van der Waals surface area contributed by atoms with Crippen molar-refractivity contribution in [1.29, 1.82) is 0 Å². The van der Waals surface area contributed by atoms with Gasteiger partial charge < -0.3 is 10.1 Å². The summed E-state index contributed by atoms with van der Waals surface area (Å²) in [5.74, 6) is 0.189. The average Bonchev–Trinajstić information content (AvgIpc) is 2.89. The van der Waals surface area contributed by atoms with E-state index >= 15 is 0 Å². The smallest absolute Gasteiger partial charge is 0.502 e. The van der Waals surface area contributed by atoms with Crippen LogP contribution in [-0.4, -0.2) is 5.91 Å². The molecule has 0 radical (unpaired) electrons. The minimum Gasteiger partial charge on any atom is -0.502 e. The van der Waals surface area contributed by atoms with Crippen LogP contribution in [-0.2, 0) is 6.61 Å². The number of nitrogens with one attached hydrogen (secondary N) is 1. The summed E-state index contributed by atoms with van der Waals surface area (Å²) in [4.78, 5) is 13.2. The fourth-order valence-electron chi connectivity index (χ4n) is 2.55. The van der Waals surface area contributed by atoms with Crippen molar-refractivity contribution in [2.75, 3.05) is 0 Å². The molecular weight excluding hydrogens is 364 g/mol. The second kappa shape index (κ2) is 9.25. The summed E-state index contributed by atoms with van der Waals surface area (Å²) in [6.45, 7) is 5.45. The molecule has 0 atom stereocenters. The number of amides is 1. The van der Waals surface area contributed by atoms with E-state index in [0.29, 0.717) is 16.9 Å². The molecule has 3 rings (SSSR count). The van der Waals surface area contributed by atoms with Crippen LogP contribution in [0.5, 0.6) is 5.75 Å². The van der Waals surface area contributed by atoms with Gasteiger partial charge in [-0.2, -0.15) is 6.92 Å². The van der Waals surface area contributed by atoms with Gasteiger partial charge in [0, 0.05) is 20.5 Å². The monoisotopic (exact) mass is 381 g/mol. The molecule has 0 fully saturated rings. The van der Waals surface area contributed by atoms with E-state index in [9.17, 15) is 9.18 Å². The second-order valence-electron chi connectivity index (χ2n) is 5.33. The number of carbonyl (C=O) groups is 1. The van der Waals surface area contributed by atoms with Gasteiger partial charge in [-0.05, 0) is 31.2 Å². The first kappa shape index (κ1) is 20.5. The van der Waals surface area contributed by atoms with E-state index in [1.807, 2.05) is 25.1 Å². The normalized spacial score (nSPS) is 10.4. The van der Waals surface area contributed by atoms with Crippen LogP contribution >= 0.6 is 11.3 Å². The van der Waals surface area contributed by atoms with Crippen LogP contribution in [0.1, 0.15) is 27.7 Å². The van der Waals surface area contributed by atoms with Crippen LogP contribution < -0.4 is 61.4 Å². The van der Waals surface area contributed by atoms with Crippen LogP contribution in [0.2, 0.25) is 0 Å². The Morgan fingerprint density at radius 3 is 2.76 bits per heavy atom. The number of halogens is 1. The number of ether oxygens (including phenoxy) is 1. The number of hydrogen-bond donors (Lipinski definition) is 1. The molecule has 0 saturated heterocycles. The fourth-order valence-corrected chi connectivity index (χ4v) is 3.59. The zero-order chi connectivity index (χ0) is 17.1. The molecule has 3 nitrogen and oxygen atoms in total. The van der Waals surface area contributed by atoms with Gasteiger partial charge in [0.15, 0.2) is 0 Å². The first-order chi connectivity index (χ1) is 11.6. The van der Waals surface area contributed by atoms with Crippen LogP contribution in [0.15, 0.2) is 42.5 Å². The predicted molar refractivity (Wildman–Crippen MR) is 94.7 cm³/mol. The number of hydrogen-bond acceptors (Lipinski definition) is 3.